The number of ether oxygens (including phenoxy) is 1. The van der Waals surface area contributed by atoms with Crippen LogP contribution in [0, 0.1) is 0 Å². The van der Waals surface area contributed by atoms with Gasteiger partial charge >= 0.3 is 6.16 Å². The molecule has 0 radical (unpaired) electrons. The third kappa shape index (κ3) is 8.08. The second-order valence-electron chi connectivity index (χ2n) is 4.73. The minimum atomic E-state index is -1.18. The average Bonchev–Trinajstić information content (AvgIpc) is 2.38. The van der Waals surface area contributed by atoms with E-state index >= 15 is 0 Å². The van der Waals surface area contributed by atoms with Gasteiger partial charge in [-0.25, -0.2) is 4.79 Å². The van der Waals surface area contributed by atoms with E-state index in [-0.39, 0.29) is 0 Å². The van der Waals surface area contributed by atoms with Gasteiger partial charge in [0.1, 0.15) is 0 Å². The molecule has 0 aliphatic rings. The van der Waals surface area contributed by atoms with Gasteiger partial charge in [-0.2, -0.15) is 0 Å². The van der Waals surface area contributed by atoms with E-state index in [0.717, 1.165) is 31.4 Å². The van der Waals surface area contributed by atoms with Crippen LogP contribution in [0.4, 0.5) is 10.5 Å². The fourth-order valence-electron chi connectivity index (χ4n) is 1.98. The molecule has 3 N–H and O–H groups in total. The zero-order valence-corrected chi connectivity index (χ0v) is 11.3. The molecule has 0 amide bonds. The zero-order chi connectivity index (χ0) is 13.9. The minimum Gasteiger partial charge on any atom is -0.450 e. The predicted molar refractivity (Wildman–Crippen MR) is 76.2 cm³/mol. The van der Waals surface area contributed by atoms with Crippen LogP contribution in [0.1, 0.15) is 44.1 Å². The van der Waals surface area contributed by atoms with Gasteiger partial charge in [-0.05, 0) is 37.0 Å². The maximum absolute atomic E-state index is 10.1. The summed E-state index contributed by atoms with van der Waals surface area (Å²) >= 11 is 0. The summed E-state index contributed by atoms with van der Waals surface area (Å²) in [5.41, 5.74) is 7.78. The van der Waals surface area contributed by atoms with Crippen LogP contribution >= 0.6 is 0 Å². The summed E-state index contributed by atoms with van der Waals surface area (Å²) in [5.74, 6) is 0. The molecule has 0 aliphatic heterocycles. The van der Waals surface area contributed by atoms with E-state index in [2.05, 4.69) is 16.9 Å². The van der Waals surface area contributed by atoms with Crippen molar-refractivity contribution in [2.24, 2.45) is 0 Å². The van der Waals surface area contributed by atoms with Gasteiger partial charge in [0.05, 0.1) is 6.61 Å². The Kier molecular flexibility index (Phi) is 7.47. The van der Waals surface area contributed by atoms with Gasteiger partial charge in [-0.1, -0.05) is 37.8 Å². The SMILES string of the molecule is Nc1ccc(CCCCCCCCOC(=O)O)cc1. The first kappa shape index (κ1) is 15.3. The molecule has 1 rings (SSSR count). The van der Waals surface area contributed by atoms with Crippen molar-refractivity contribution in [1.29, 1.82) is 0 Å². The van der Waals surface area contributed by atoms with Crippen LogP contribution in [0.25, 0.3) is 0 Å². The minimum absolute atomic E-state index is 0.320. The van der Waals surface area contributed by atoms with E-state index in [1.165, 1.54) is 24.8 Å². The summed E-state index contributed by atoms with van der Waals surface area (Å²) < 4.78 is 4.44. The molecule has 0 heterocycles. The van der Waals surface area contributed by atoms with E-state index in [4.69, 9.17) is 10.8 Å². The quantitative estimate of drug-likeness (QED) is 0.404. The second kappa shape index (κ2) is 9.25. The number of aryl methyl sites for hydroxylation is 1. The van der Waals surface area contributed by atoms with Crippen molar-refractivity contribution < 1.29 is 14.6 Å². The number of hydrogen-bond acceptors (Lipinski definition) is 3. The second-order valence-corrected chi connectivity index (χ2v) is 4.73. The van der Waals surface area contributed by atoms with Crippen LogP contribution in [0.3, 0.4) is 0 Å². The lowest BCUT2D eigenvalue weighted by Gasteiger charge is -2.03. The third-order valence-electron chi connectivity index (χ3n) is 3.07. The van der Waals surface area contributed by atoms with Crippen molar-refractivity contribution in [1.82, 2.24) is 0 Å². The number of nitrogens with two attached hydrogens (primary N) is 1. The molecule has 4 heteroatoms. The van der Waals surface area contributed by atoms with Gasteiger partial charge in [-0.15, -0.1) is 0 Å². The van der Waals surface area contributed by atoms with Gasteiger partial charge < -0.3 is 15.6 Å². The molecule has 0 aliphatic carbocycles. The van der Waals surface area contributed by atoms with Crippen molar-refractivity contribution in [2.75, 3.05) is 12.3 Å². The average molecular weight is 265 g/mol. The maximum Gasteiger partial charge on any atom is 0.505 e. The molecule has 0 saturated heterocycles. The Hall–Kier alpha value is -1.71. The topological polar surface area (TPSA) is 72.5 Å². The Labute approximate surface area is 114 Å². The summed E-state index contributed by atoms with van der Waals surface area (Å²) in [6.07, 6.45) is 6.53. The fraction of sp³-hybridized carbons (Fsp3) is 0.533. The lowest BCUT2D eigenvalue weighted by molar-refractivity contribution is 0.0899. The molecular formula is C15H23NO3. The van der Waals surface area contributed by atoms with E-state index in [9.17, 15) is 4.79 Å². The highest BCUT2D eigenvalue weighted by molar-refractivity contribution is 5.56. The van der Waals surface area contributed by atoms with E-state index < -0.39 is 6.16 Å². The summed E-state index contributed by atoms with van der Waals surface area (Å²) in [4.78, 5) is 10.1. The van der Waals surface area contributed by atoms with E-state index in [1.807, 2.05) is 12.1 Å². The van der Waals surface area contributed by atoms with Crippen LogP contribution in [0.5, 0.6) is 0 Å². The number of benzene rings is 1. The first-order valence-electron chi connectivity index (χ1n) is 6.88. The van der Waals surface area contributed by atoms with Crippen molar-refractivity contribution in [2.45, 2.75) is 44.9 Å². The van der Waals surface area contributed by atoms with Gasteiger partial charge in [0.15, 0.2) is 0 Å². The summed E-state index contributed by atoms with van der Waals surface area (Å²) in [5, 5.41) is 8.28. The molecule has 1 aromatic carbocycles. The Balaban J connectivity index is 1.91. The standard InChI is InChI=1S/C15H23NO3/c16-14-10-8-13(9-11-14)7-5-3-1-2-4-6-12-19-15(17)18/h8-11H,1-7,12,16H2,(H,17,18). The summed E-state index contributed by atoms with van der Waals surface area (Å²) in [6, 6.07) is 8.05. The van der Waals surface area contributed by atoms with Crippen LogP contribution in [-0.2, 0) is 11.2 Å². The summed E-state index contributed by atoms with van der Waals surface area (Å²) in [6.45, 7) is 0.320. The van der Waals surface area contributed by atoms with Crippen LogP contribution in [-0.4, -0.2) is 17.9 Å². The molecule has 1 aromatic rings. The Morgan fingerprint density at radius 1 is 1.00 bits per heavy atom. The largest absolute Gasteiger partial charge is 0.505 e. The number of rotatable bonds is 9. The van der Waals surface area contributed by atoms with Gasteiger partial charge in [0.2, 0.25) is 0 Å². The molecule has 0 bridgehead atoms. The highest BCUT2D eigenvalue weighted by Gasteiger charge is 1.97. The van der Waals surface area contributed by atoms with Crippen LogP contribution < -0.4 is 5.73 Å². The van der Waals surface area contributed by atoms with E-state index in [0.29, 0.717) is 6.61 Å². The Bertz CT molecular complexity index is 362. The molecule has 0 saturated carbocycles. The van der Waals surface area contributed by atoms with Crippen molar-refractivity contribution in [3.63, 3.8) is 0 Å². The molecular weight excluding hydrogens is 242 g/mol. The zero-order valence-electron chi connectivity index (χ0n) is 11.3. The summed E-state index contributed by atoms with van der Waals surface area (Å²) in [7, 11) is 0. The smallest absolute Gasteiger partial charge is 0.450 e. The maximum atomic E-state index is 10.1. The van der Waals surface area contributed by atoms with Crippen LogP contribution in [0.15, 0.2) is 24.3 Å². The van der Waals surface area contributed by atoms with Crippen LogP contribution in [0.2, 0.25) is 0 Å². The van der Waals surface area contributed by atoms with Crippen molar-refractivity contribution in [3.05, 3.63) is 29.8 Å². The number of hydrogen-bond donors (Lipinski definition) is 2. The monoisotopic (exact) mass is 265 g/mol. The predicted octanol–water partition coefficient (Wildman–Crippen LogP) is 3.85. The molecule has 106 valence electrons. The molecule has 0 atom stereocenters. The lowest BCUT2D eigenvalue weighted by atomic mass is 10.0. The molecule has 0 spiro atoms. The highest BCUT2D eigenvalue weighted by atomic mass is 16.7. The number of carboxylic acid groups (broad SMARTS) is 1. The molecule has 0 unspecified atom stereocenters. The number of nitrogen functional groups attached to an aromatic ring is 1. The molecule has 0 fully saturated rings. The number of unbranched alkanes of at least 4 members (excludes halogenated alkanes) is 5. The third-order valence-corrected chi connectivity index (χ3v) is 3.07. The highest BCUT2D eigenvalue weighted by Crippen LogP contribution is 2.11. The first-order valence-corrected chi connectivity index (χ1v) is 6.88. The van der Waals surface area contributed by atoms with Crippen molar-refractivity contribution >= 4 is 11.8 Å². The van der Waals surface area contributed by atoms with E-state index in [1.54, 1.807) is 0 Å². The number of carbonyl (C=O) groups is 1. The molecule has 19 heavy (non-hydrogen) atoms. The fourth-order valence-corrected chi connectivity index (χ4v) is 1.98. The normalized spacial score (nSPS) is 10.3. The van der Waals surface area contributed by atoms with Gasteiger partial charge in [-0.3, -0.25) is 0 Å². The number of anilines is 1. The Morgan fingerprint density at radius 3 is 2.21 bits per heavy atom. The van der Waals surface area contributed by atoms with Gasteiger partial charge in [0, 0.05) is 5.69 Å². The molecule has 0 aromatic heterocycles. The first-order chi connectivity index (χ1) is 9.18. The molecule has 4 nitrogen and oxygen atoms in total. The van der Waals surface area contributed by atoms with Crippen molar-refractivity contribution in [3.8, 4) is 0 Å². The Morgan fingerprint density at radius 2 is 1.58 bits per heavy atom. The van der Waals surface area contributed by atoms with Gasteiger partial charge in [0.25, 0.3) is 0 Å². The lowest BCUT2D eigenvalue weighted by Crippen LogP contribution is -2.01.